The number of carbonyl (C=O) groups excluding carboxylic acids is 1. The minimum absolute atomic E-state index is 0.324. The number of methoxy groups -OCH3 is 1. The predicted octanol–water partition coefficient (Wildman–Crippen LogP) is 4.55. The van der Waals surface area contributed by atoms with E-state index in [1.165, 1.54) is 6.08 Å². The van der Waals surface area contributed by atoms with Crippen molar-refractivity contribution in [2.75, 3.05) is 56.9 Å². The topological polar surface area (TPSA) is 105 Å². The van der Waals surface area contributed by atoms with Crippen LogP contribution in [0.3, 0.4) is 0 Å². The highest BCUT2D eigenvalue weighted by molar-refractivity contribution is 6.02. The van der Waals surface area contributed by atoms with Crippen molar-refractivity contribution in [3.63, 3.8) is 0 Å². The van der Waals surface area contributed by atoms with Gasteiger partial charge in [-0.05, 0) is 51.4 Å². The van der Waals surface area contributed by atoms with Crippen molar-refractivity contribution >= 4 is 45.6 Å². The fraction of sp³-hybridized carbons (Fsp3) is 0.250. The lowest BCUT2D eigenvalue weighted by molar-refractivity contribution is -0.111. The van der Waals surface area contributed by atoms with E-state index in [9.17, 15) is 4.79 Å². The van der Waals surface area contributed by atoms with Crippen LogP contribution < -0.4 is 20.3 Å². The van der Waals surface area contributed by atoms with Crippen LogP contribution in [0.15, 0.2) is 55.3 Å². The molecule has 2 N–H and O–H groups in total. The van der Waals surface area contributed by atoms with Gasteiger partial charge in [-0.25, -0.2) is 14.8 Å². The van der Waals surface area contributed by atoms with Gasteiger partial charge in [0.25, 0.3) is 0 Å². The third kappa shape index (κ3) is 5.97. The Bertz CT molecular complexity index is 1570. The van der Waals surface area contributed by atoms with Gasteiger partial charge in [-0.3, -0.25) is 9.36 Å². The van der Waals surface area contributed by atoms with E-state index in [1.807, 2.05) is 44.8 Å². The number of aryl methyl sites for hydroxylation is 1. The van der Waals surface area contributed by atoms with Crippen LogP contribution in [0.4, 0.5) is 28.7 Å². The first-order chi connectivity index (χ1) is 18.7. The first-order valence-electron chi connectivity index (χ1n) is 12.2. The highest BCUT2D eigenvalue weighted by Gasteiger charge is 2.17. The fourth-order valence-electron chi connectivity index (χ4n) is 4.11. The van der Waals surface area contributed by atoms with Crippen LogP contribution in [-0.2, 0) is 4.79 Å². The maximum absolute atomic E-state index is 12.2. The summed E-state index contributed by atoms with van der Waals surface area (Å²) in [6.45, 7) is 14.3. The number of fused-ring (bicyclic) bond motifs is 1. The van der Waals surface area contributed by atoms with Gasteiger partial charge in [-0.2, -0.15) is 4.98 Å². The molecule has 11 nitrogen and oxygen atoms in total. The second kappa shape index (κ2) is 11.6. The Morgan fingerprint density at radius 1 is 1.15 bits per heavy atom. The number of hydrogen-bond acceptors (Lipinski definition) is 8. The second-order valence-corrected chi connectivity index (χ2v) is 9.13. The Hall–Kier alpha value is -4.95. The molecule has 0 unspecified atom stereocenters. The van der Waals surface area contributed by atoms with Gasteiger partial charge in [0.15, 0.2) is 5.69 Å². The molecule has 0 saturated heterocycles. The Morgan fingerprint density at radius 3 is 2.64 bits per heavy atom. The first kappa shape index (κ1) is 27.1. The van der Waals surface area contributed by atoms with E-state index in [1.54, 1.807) is 37.6 Å². The average molecular weight is 526 g/mol. The number of benzene rings is 2. The number of carbonyl (C=O) groups is 1. The highest BCUT2D eigenvalue weighted by Crippen LogP contribution is 2.38. The quantitative estimate of drug-likeness (QED) is 0.230. The molecule has 200 valence electrons. The lowest BCUT2D eigenvalue weighted by atomic mass is 10.2. The van der Waals surface area contributed by atoms with Gasteiger partial charge in [0.2, 0.25) is 11.9 Å². The fourth-order valence-corrected chi connectivity index (χ4v) is 4.11. The molecule has 0 radical (unpaired) electrons. The SMILES string of the molecule is [C-]#[N+]c1ccc2c(c1)nc(C)n2-c1ccnc(Nc2cc(NC(=O)C=C)c(N(C)CCN(C)C)cc2OC)n1. The van der Waals surface area contributed by atoms with Gasteiger partial charge < -0.3 is 25.2 Å². The molecule has 0 fully saturated rings. The smallest absolute Gasteiger partial charge is 0.247 e. The van der Waals surface area contributed by atoms with Crippen molar-refractivity contribution < 1.29 is 9.53 Å². The molecule has 0 aliphatic rings. The van der Waals surface area contributed by atoms with Crippen molar-refractivity contribution in [2.45, 2.75) is 6.92 Å². The molecule has 0 aliphatic carbocycles. The average Bonchev–Trinajstić information content (AvgIpc) is 3.26. The number of aromatic nitrogens is 4. The number of ether oxygens (including phenoxy) is 1. The van der Waals surface area contributed by atoms with Gasteiger partial charge in [0.1, 0.15) is 17.4 Å². The molecule has 0 aliphatic heterocycles. The van der Waals surface area contributed by atoms with E-state index in [4.69, 9.17) is 16.3 Å². The summed E-state index contributed by atoms with van der Waals surface area (Å²) in [7, 11) is 7.56. The van der Waals surface area contributed by atoms with Crippen molar-refractivity contribution in [2.24, 2.45) is 0 Å². The van der Waals surface area contributed by atoms with E-state index in [-0.39, 0.29) is 5.91 Å². The Morgan fingerprint density at radius 2 is 1.95 bits per heavy atom. The van der Waals surface area contributed by atoms with Crippen LogP contribution in [0.1, 0.15) is 5.82 Å². The van der Waals surface area contributed by atoms with E-state index in [0.717, 1.165) is 30.1 Å². The van der Waals surface area contributed by atoms with Crippen LogP contribution in [0.2, 0.25) is 0 Å². The number of imidazole rings is 1. The summed E-state index contributed by atoms with van der Waals surface area (Å²) >= 11 is 0. The molecule has 39 heavy (non-hydrogen) atoms. The maximum atomic E-state index is 12.2. The minimum Gasteiger partial charge on any atom is -0.494 e. The Balaban J connectivity index is 1.72. The second-order valence-electron chi connectivity index (χ2n) is 9.13. The number of nitrogens with one attached hydrogen (secondary N) is 2. The number of hydrogen-bond donors (Lipinski definition) is 2. The Kier molecular flexibility index (Phi) is 8.07. The molecular weight excluding hydrogens is 494 g/mol. The molecular formula is C28H31N9O2. The third-order valence-electron chi connectivity index (χ3n) is 6.11. The summed E-state index contributed by atoms with van der Waals surface area (Å²) in [6, 6.07) is 10.8. The molecule has 2 heterocycles. The van der Waals surface area contributed by atoms with Crippen LogP contribution in [0.25, 0.3) is 21.7 Å². The highest BCUT2D eigenvalue weighted by atomic mass is 16.5. The summed E-state index contributed by atoms with van der Waals surface area (Å²) in [5.74, 6) is 1.91. The summed E-state index contributed by atoms with van der Waals surface area (Å²) in [5.41, 5.74) is 4.04. The summed E-state index contributed by atoms with van der Waals surface area (Å²) in [5, 5.41) is 6.13. The van der Waals surface area contributed by atoms with E-state index in [0.29, 0.717) is 40.1 Å². The van der Waals surface area contributed by atoms with Crippen molar-refractivity contribution in [3.8, 4) is 11.6 Å². The van der Waals surface area contributed by atoms with Crippen LogP contribution in [-0.4, -0.2) is 71.7 Å². The monoisotopic (exact) mass is 525 g/mol. The van der Waals surface area contributed by atoms with Gasteiger partial charge in [-0.1, -0.05) is 12.6 Å². The molecule has 2 aromatic heterocycles. The van der Waals surface area contributed by atoms with Crippen molar-refractivity contribution in [1.29, 1.82) is 0 Å². The number of likely N-dealkylation sites (N-methyl/N-ethyl adjacent to an activating group) is 2. The number of rotatable bonds is 10. The van der Waals surface area contributed by atoms with Crippen molar-refractivity contribution in [1.82, 2.24) is 24.4 Å². The van der Waals surface area contributed by atoms with Crippen molar-refractivity contribution in [3.05, 3.63) is 72.5 Å². The lowest BCUT2D eigenvalue weighted by Gasteiger charge is -2.26. The van der Waals surface area contributed by atoms with Gasteiger partial charge in [0, 0.05) is 32.4 Å². The number of nitrogens with zero attached hydrogens (tertiary/aromatic N) is 7. The minimum atomic E-state index is -0.324. The third-order valence-corrected chi connectivity index (χ3v) is 6.11. The van der Waals surface area contributed by atoms with Gasteiger partial charge >= 0.3 is 0 Å². The molecule has 4 rings (SSSR count). The van der Waals surface area contributed by atoms with E-state index < -0.39 is 0 Å². The first-order valence-corrected chi connectivity index (χ1v) is 12.2. The zero-order chi connectivity index (χ0) is 28.1. The molecule has 2 aromatic carbocycles. The van der Waals surface area contributed by atoms with Crippen LogP contribution in [0, 0.1) is 13.5 Å². The zero-order valence-electron chi connectivity index (χ0n) is 22.7. The largest absolute Gasteiger partial charge is 0.494 e. The normalized spacial score (nSPS) is 10.8. The van der Waals surface area contributed by atoms with Crippen LogP contribution in [0.5, 0.6) is 5.75 Å². The summed E-state index contributed by atoms with van der Waals surface area (Å²) < 4.78 is 7.60. The molecule has 0 spiro atoms. The summed E-state index contributed by atoms with van der Waals surface area (Å²) in [4.78, 5) is 33.6. The molecule has 0 bridgehead atoms. The van der Waals surface area contributed by atoms with E-state index >= 15 is 0 Å². The van der Waals surface area contributed by atoms with Gasteiger partial charge in [0.05, 0.1) is 41.8 Å². The number of anilines is 4. The molecule has 11 heteroatoms. The zero-order valence-corrected chi connectivity index (χ0v) is 22.7. The van der Waals surface area contributed by atoms with E-state index in [2.05, 4.69) is 41.8 Å². The lowest BCUT2D eigenvalue weighted by Crippen LogP contribution is -2.29. The standard InChI is InChI=1S/C28H31N9O2/c1-8-27(38)32-21-16-22(25(39-7)17-24(21)36(6)14-13-35(4)5)33-28-30-12-11-26(34-28)37-18(2)31-20-15-19(29-3)9-10-23(20)37/h8-12,15-17H,1,13-14H2,2,4-7H3,(H,32,38)(H,30,33,34). The predicted molar refractivity (Wildman–Crippen MR) is 155 cm³/mol. The molecule has 0 atom stereocenters. The maximum Gasteiger partial charge on any atom is 0.247 e. The molecule has 4 aromatic rings. The number of amides is 1. The molecule has 1 amide bonds. The molecule has 0 saturated carbocycles. The summed E-state index contributed by atoms with van der Waals surface area (Å²) in [6.07, 6.45) is 2.88. The van der Waals surface area contributed by atoms with Gasteiger partial charge in [-0.15, -0.1) is 0 Å². The van der Waals surface area contributed by atoms with Crippen LogP contribution >= 0.6 is 0 Å². The Labute approximate surface area is 227 Å².